The van der Waals surface area contributed by atoms with Crippen LogP contribution in [-0.4, -0.2) is 17.9 Å². The van der Waals surface area contributed by atoms with Crippen LogP contribution in [0.5, 0.6) is 0 Å². The summed E-state index contributed by atoms with van der Waals surface area (Å²) < 4.78 is 0. The Bertz CT molecular complexity index is 341. The average Bonchev–Trinajstić information content (AvgIpc) is 2.16. The van der Waals surface area contributed by atoms with Crippen molar-refractivity contribution < 1.29 is 4.79 Å². The fraction of sp³-hybridized carbons (Fsp3) is 0.300. The quantitative estimate of drug-likeness (QED) is 0.490. The van der Waals surface area contributed by atoms with Crippen molar-refractivity contribution in [3.05, 3.63) is 23.8 Å². The van der Waals surface area contributed by atoms with E-state index >= 15 is 0 Å². The molecule has 0 fully saturated rings. The molecule has 0 unspecified atom stereocenters. The van der Waals surface area contributed by atoms with Crippen molar-refractivity contribution >= 4 is 34.8 Å². The minimum absolute atomic E-state index is 0.0179. The van der Waals surface area contributed by atoms with Crippen molar-refractivity contribution in [1.29, 1.82) is 0 Å². The minimum atomic E-state index is 0.0179. The van der Waals surface area contributed by atoms with E-state index in [9.17, 15) is 4.79 Å². The number of thioether (sulfide) groups is 1. The molecule has 0 bridgehead atoms. The van der Waals surface area contributed by atoms with E-state index in [4.69, 9.17) is 17.3 Å². The standard InChI is InChI=1S/C10H12ClNOS/c1-14-10-4-7(2-8(12)5-10)3-9(13)6-11/h2,4-5H,3,6,12H2,1H3. The number of carbonyl (C=O) groups is 1. The number of Topliss-reactive ketones (excluding diaryl/α,β-unsaturated/α-hetero) is 1. The van der Waals surface area contributed by atoms with Gasteiger partial charge in [0.15, 0.2) is 5.78 Å². The maximum Gasteiger partial charge on any atom is 0.151 e. The van der Waals surface area contributed by atoms with E-state index in [1.807, 2.05) is 24.5 Å². The lowest BCUT2D eigenvalue weighted by atomic mass is 10.1. The third kappa shape index (κ3) is 3.24. The molecule has 0 aliphatic carbocycles. The topological polar surface area (TPSA) is 43.1 Å². The molecule has 2 nitrogen and oxygen atoms in total. The first-order valence-electron chi connectivity index (χ1n) is 4.17. The molecule has 4 heteroatoms. The number of alkyl halides is 1. The third-order valence-electron chi connectivity index (χ3n) is 1.77. The number of anilines is 1. The molecular formula is C10H12ClNOS. The van der Waals surface area contributed by atoms with Crippen LogP contribution in [0, 0.1) is 0 Å². The zero-order valence-electron chi connectivity index (χ0n) is 7.92. The predicted octanol–water partition coefficient (Wildman–Crippen LogP) is 2.34. The molecule has 0 spiro atoms. The van der Waals surface area contributed by atoms with Crippen LogP contribution >= 0.6 is 23.4 Å². The van der Waals surface area contributed by atoms with Gasteiger partial charge in [-0.2, -0.15) is 0 Å². The van der Waals surface area contributed by atoms with Crippen LogP contribution in [-0.2, 0) is 11.2 Å². The van der Waals surface area contributed by atoms with E-state index in [-0.39, 0.29) is 11.7 Å². The molecular weight excluding hydrogens is 218 g/mol. The normalized spacial score (nSPS) is 10.1. The number of rotatable bonds is 4. The van der Waals surface area contributed by atoms with Gasteiger partial charge in [0.05, 0.1) is 5.88 Å². The van der Waals surface area contributed by atoms with Crippen molar-refractivity contribution in [1.82, 2.24) is 0 Å². The van der Waals surface area contributed by atoms with Gasteiger partial charge in [0.2, 0.25) is 0 Å². The fourth-order valence-corrected chi connectivity index (χ4v) is 1.80. The molecule has 2 N–H and O–H groups in total. The van der Waals surface area contributed by atoms with Gasteiger partial charge in [-0.05, 0) is 30.0 Å². The molecule has 76 valence electrons. The molecule has 0 atom stereocenters. The number of ketones is 1. The van der Waals surface area contributed by atoms with Crippen molar-refractivity contribution in [3.63, 3.8) is 0 Å². The second-order valence-electron chi connectivity index (χ2n) is 2.96. The zero-order valence-corrected chi connectivity index (χ0v) is 9.49. The summed E-state index contributed by atoms with van der Waals surface area (Å²) in [6.45, 7) is 0. The Hall–Kier alpha value is -0.670. The van der Waals surface area contributed by atoms with Crippen LogP contribution in [0.2, 0.25) is 0 Å². The van der Waals surface area contributed by atoms with Crippen LogP contribution in [0.4, 0.5) is 5.69 Å². The van der Waals surface area contributed by atoms with E-state index in [0.29, 0.717) is 12.1 Å². The van der Waals surface area contributed by atoms with E-state index in [1.165, 1.54) is 0 Å². The van der Waals surface area contributed by atoms with Crippen molar-refractivity contribution in [2.75, 3.05) is 17.9 Å². The minimum Gasteiger partial charge on any atom is -0.399 e. The molecule has 0 radical (unpaired) electrons. The molecule has 0 amide bonds. The number of nitrogen functional groups attached to an aromatic ring is 1. The van der Waals surface area contributed by atoms with E-state index in [0.717, 1.165) is 10.5 Å². The molecule has 1 rings (SSSR count). The Labute approximate surface area is 92.8 Å². The van der Waals surface area contributed by atoms with Gasteiger partial charge in [-0.15, -0.1) is 23.4 Å². The second kappa shape index (κ2) is 5.27. The summed E-state index contributed by atoms with van der Waals surface area (Å²) >= 11 is 7.04. The maximum atomic E-state index is 11.1. The Morgan fingerprint density at radius 1 is 1.50 bits per heavy atom. The highest BCUT2D eigenvalue weighted by molar-refractivity contribution is 7.98. The smallest absolute Gasteiger partial charge is 0.151 e. The molecule has 1 aromatic rings. The van der Waals surface area contributed by atoms with Crippen molar-refractivity contribution in [2.45, 2.75) is 11.3 Å². The van der Waals surface area contributed by atoms with Crippen molar-refractivity contribution in [3.8, 4) is 0 Å². The van der Waals surface area contributed by atoms with E-state index in [1.54, 1.807) is 11.8 Å². The SMILES string of the molecule is CSc1cc(N)cc(CC(=O)CCl)c1. The highest BCUT2D eigenvalue weighted by Crippen LogP contribution is 2.20. The monoisotopic (exact) mass is 229 g/mol. The summed E-state index contributed by atoms with van der Waals surface area (Å²) in [7, 11) is 0. The summed E-state index contributed by atoms with van der Waals surface area (Å²) in [5.74, 6) is 0.0768. The zero-order chi connectivity index (χ0) is 10.6. The lowest BCUT2D eigenvalue weighted by molar-refractivity contribution is -0.116. The Balaban J connectivity index is 2.86. The first-order chi connectivity index (χ1) is 6.65. The second-order valence-corrected chi connectivity index (χ2v) is 4.11. The molecule has 0 heterocycles. The predicted molar refractivity (Wildman–Crippen MR) is 62.1 cm³/mol. The number of carbonyl (C=O) groups excluding carboxylic acids is 1. The molecule has 0 saturated heterocycles. The highest BCUT2D eigenvalue weighted by atomic mass is 35.5. The Morgan fingerprint density at radius 3 is 2.79 bits per heavy atom. The lowest BCUT2D eigenvalue weighted by Crippen LogP contribution is -2.04. The maximum absolute atomic E-state index is 11.1. The largest absolute Gasteiger partial charge is 0.399 e. The Kier molecular flexibility index (Phi) is 4.29. The summed E-state index contributed by atoms with van der Waals surface area (Å²) in [6, 6.07) is 5.66. The molecule has 0 saturated carbocycles. The van der Waals surface area contributed by atoms with Gasteiger partial charge >= 0.3 is 0 Å². The molecule has 0 aromatic heterocycles. The van der Waals surface area contributed by atoms with Gasteiger partial charge in [-0.1, -0.05) is 0 Å². The number of benzene rings is 1. The van der Waals surface area contributed by atoms with Gasteiger partial charge in [0.25, 0.3) is 0 Å². The summed E-state index contributed by atoms with van der Waals surface area (Å²) in [5, 5.41) is 0. The number of hydrogen-bond acceptors (Lipinski definition) is 3. The first kappa shape index (κ1) is 11.4. The molecule has 1 aromatic carbocycles. The van der Waals surface area contributed by atoms with Crippen LogP contribution in [0.1, 0.15) is 5.56 Å². The van der Waals surface area contributed by atoms with Crippen molar-refractivity contribution in [2.24, 2.45) is 0 Å². The van der Waals surface area contributed by atoms with Gasteiger partial charge in [0, 0.05) is 17.0 Å². The van der Waals surface area contributed by atoms with E-state index < -0.39 is 0 Å². The number of nitrogens with two attached hydrogens (primary N) is 1. The summed E-state index contributed by atoms with van der Waals surface area (Å²) in [4.78, 5) is 12.2. The summed E-state index contributed by atoms with van der Waals surface area (Å²) in [6.07, 6.45) is 2.34. The van der Waals surface area contributed by atoms with Gasteiger partial charge < -0.3 is 5.73 Å². The lowest BCUT2D eigenvalue weighted by Gasteiger charge is -2.04. The Morgan fingerprint density at radius 2 is 2.21 bits per heavy atom. The third-order valence-corrected chi connectivity index (χ3v) is 2.78. The number of halogens is 1. The van der Waals surface area contributed by atoms with E-state index in [2.05, 4.69) is 0 Å². The highest BCUT2D eigenvalue weighted by Gasteiger charge is 2.04. The first-order valence-corrected chi connectivity index (χ1v) is 5.92. The molecule has 14 heavy (non-hydrogen) atoms. The van der Waals surface area contributed by atoms with Crippen LogP contribution in [0.25, 0.3) is 0 Å². The molecule has 0 aliphatic rings. The molecule has 0 aliphatic heterocycles. The van der Waals surface area contributed by atoms with Gasteiger partial charge in [0.1, 0.15) is 0 Å². The average molecular weight is 230 g/mol. The van der Waals surface area contributed by atoms with Crippen LogP contribution in [0.15, 0.2) is 23.1 Å². The van der Waals surface area contributed by atoms with Crippen LogP contribution < -0.4 is 5.73 Å². The van der Waals surface area contributed by atoms with Gasteiger partial charge in [-0.25, -0.2) is 0 Å². The summed E-state index contributed by atoms with van der Waals surface area (Å²) in [5.41, 5.74) is 7.31. The van der Waals surface area contributed by atoms with Gasteiger partial charge in [-0.3, -0.25) is 4.79 Å². The van der Waals surface area contributed by atoms with Crippen LogP contribution in [0.3, 0.4) is 0 Å². The number of hydrogen-bond donors (Lipinski definition) is 1. The fourth-order valence-electron chi connectivity index (χ4n) is 1.18.